The molecule has 0 amide bonds. The van der Waals surface area contributed by atoms with Crippen LogP contribution in [0.3, 0.4) is 0 Å². The van der Waals surface area contributed by atoms with Crippen molar-refractivity contribution < 1.29 is 0 Å². The quantitative estimate of drug-likeness (QED) is 0.546. The number of hydrogen-bond donors (Lipinski definition) is 2. The van der Waals surface area contributed by atoms with Crippen molar-refractivity contribution in [2.45, 2.75) is 6.54 Å². The number of hydrogen-bond acceptors (Lipinski definition) is 3. The van der Waals surface area contributed by atoms with Crippen molar-refractivity contribution in [2.24, 2.45) is 5.73 Å². The summed E-state index contributed by atoms with van der Waals surface area (Å²) in [4.78, 5) is 11.2. The molecule has 1 aromatic rings. The second-order valence-corrected chi connectivity index (χ2v) is 3.58. The third-order valence-corrected chi connectivity index (χ3v) is 2.19. The molecule has 1 aromatic heterocycles. The van der Waals surface area contributed by atoms with Gasteiger partial charge in [0.1, 0.15) is 0 Å². The lowest BCUT2D eigenvalue weighted by molar-refractivity contribution is 0.736. The first-order chi connectivity index (χ1) is 6.20. The molecule has 70 valence electrons. The van der Waals surface area contributed by atoms with Crippen molar-refractivity contribution in [3.05, 3.63) is 34.7 Å². The van der Waals surface area contributed by atoms with Gasteiger partial charge in [0, 0.05) is 24.6 Å². The van der Waals surface area contributed by atoms with Crippen molar-refractivity contribution >= 4 is 16.9 Å². The zero-order chi connectivity index (χ0) is 9.68. The van der Waals surface area contributed by atoms with Crippen LogP contribution in [-0.2, 0) is 6.54 Å². The smallest absolute Gasteiger partial charge is 0.250 e. The number of thioether (sulfide) groups is 1. The molecule has 0 fully saturated rings. The largest absolute Gasteiger partial charge is 0.379 e. The molecule has 0 saturated heterocycles. The topological polar surface area (TPSA) is 71.9 Å². The molecule has 0 aliphatic heterocycles. The van der Waals surface area contributed by atoms with Gasteiger partial charge in [-0.15, -0.1) is 0 Å². The number of nitrogens with zero attached hydrogens (tertiary/aromatic N) is 1. The minimum Gasteiger partial charge on any atom is -0.379 e. The predicted molar refractivity (Wildman–Crippen MR) is 55.1 cm³/mol. The van der Waals surface area contributed by atoms with E-state index < -0.39 is 0 Å². The van der Waals surface area contributed by atoms with Crippen molar-refractivity contribution in [2.75, 3.05) is 5.75 Å². The first-order valence-corrected chi connectivity index (χ1v) is 4.81. The Morgan fingerprint density at radius 2 is 2.38 bits per heavy atom. The highest BCUT2D eigenvalue weighted by Crippen LogP contribution is 1.97. The molecule has 0 aliphatic rings. The summed E-state index contributed by atoms with van der Waals surface area (Å²) in [5, 5.41) is 7.05. The van der Waals surface area contributed by atoms with E-state index in [-0.39, 0.29) is 10.7 Å². The van der Waals surface area contributed by atoms with Gasteiger partial charge in [0.2, 0.25) is 0 Å². The summed E-state index contributed by atoms with van der Waals surface area (Å²) < 4.78 is 1.59. The predicted octanol–water partition coefficient (Wildman–Crippen LogP) is 0.475. The minimum absolute atomic E-state index is 0.0216. The molecule has 5 heteroatoms. The summed E-state index contributed by atoms with van der Waals surface area (Å²) in [7, 11) is 0. The first kappa shape index (κ1) is 9.85. The number of pyridine rings is 1. The van der Waals surface area contributed by atoms with Crippen LogP contribution in [0.2, 0.25) is 0 Å². The fraction of sp³-hybridized carbons (Fsp3) is 0.250. The first-order valence-electron chi connectivity index (χ1n) is 3.82. The number of nitrogens with one attached hydrogen (secondary N) is 1. The second-order valence-electron chi connectivity index (χ2n) is 2.44. The van der Waals surface area contributed by atoms with Crippen LogP contribution < -0.4 is 11.3 Å². The minimum atomic E-state index is -0.0216. The van der Waals surface area contributed by atoms with Gasteiger partial charge < -0.3 is 10.3 Å². The summed E-state index contributed by atoms with van der Waals surface area (Å²) in [6.45, 7) is 0.587. The highest BCUT2D eigenvalue weighted by Gasteiger charge is 1.94. The highest BCUT2D eigenvalue weighted by atomic mass is 32.2. The Labute approximate surface area is 80.3 Å². The zero-order valence-corrected chi connectivity index (χ0v) is 7.88. The van der Waals surface area contributed by atoms with Crippen LogP contribution in [0.4, 0.5) is 0 Å². The normalized spacial score (nSPS) is 9.85. The SMILES string of the molecule is N=C(N)SCCn1ccccc1=O. The van der Waals surface area contributed by atoms with Crippen LogP contribution >= 0.6 is 11.8 Å². The molecule has 1 rings (SSSR count). The van der Waals surface area contributed by atoms with Crippen molar-refractivity contribution in [1.82, 2.24) is 4.57 Å². The van der Waals surface area contributed by atoms with Crippen LogP contribution in [0, 0.1) is 5.41 Å². The van der Waals surface area contributed by atoms with E-state index in [9.17, 15) is 4.79 Å². The molecular weight excluding hydrogens is 186 g/mol. The highest BCUT2D eigenvalue weighted by molar-refractivity contribution is 8.13. The molecule has 0 spiro atoms. The number of aryl methyl sites for hydroxylation is 1. The average molecular weight is 197 g/mol. The maximum atomic E-state index is 11.2. The molecule has 3 N–H and O–H groups in total. The summed E-state index contributed by atoms with van der Waals surface area (Å²) in [5.41, 5.74) is 5.13. The van der Waals surface area contributed by atoms with Crippen molar-refractivity contribution in [3.8, 4) is 0 Å². The monoisotopic (exact) mass is 197 g/mol. The Kier molecular flexibility index (Phi) is 3.57. The van der Waals surface area contributed by atoms with Crippen molar-refractivity contribution in [3.63, 3.8) is 0 Å². The van der Waals surface area contributed by atoms with E-state index in [1.165, 1.54) is 17.8 Å². The number of aromatic nitrogens is 1. The van der Waals surface area contributed by atoms with E-state index in [4.69, 9.17) is 11.1 Å². The van der Waals surface area contributed by atoms with E-state index >= 15 is 0 Å². The number of amidine groups is 1. The van der Waals surface area contributed by atoms with Gasteiger partial charge in [0.05, 0.1) is 0 Å². The maximum Gasteiger partial charge on any atom is 0.250 e. The fourth-order valence-corrected chi connectivity index (χ4v) is 1.41. The lowest BCUT2D eigenvalue weighted by Gasteiger charge is -2.02. The van der Waals surface area contributed by atoms with Crippen LogP contribution in [0.1, 0.15) is 0 Å². The van der Waals surface area contributed by atoms with E-state index in [0.717, 1.165) is 0 Å². The summed E-state index contributed by atoms with van der Waals surface area (Å²) in [6, 6.07) is 5.02. The molecule has 4 nitrogen and oxygen atoms in total. The van der Waals surface area contributed by atoms with E-state index in [1.54, 1.807) is 22.9 Å². The molecule has 0 radical (unpaired) electrons. The van der Waals surface area contributed by atoms with Crippen LogP contribution in [0.15, 0.2) is 29.2 Å². The molecule has 0 unspecified atom stereocenters. The third kappa shape index (κ3) is 3.33. The van der Waals surface area contributed by atoms with Gasteiger partial charge in [-0.2, -0.15) is 0 Å². The number of rotatable bonds is 3. The molecule has 0 saturated carbocycles. The zero-order valence-electron chi connectivity index (χ0n) is 7.06. The third-order valence-electron chi connectivity index (χ3n) is 1.49. The summed E-state index contributed by atoms with van der Waals surface area (Å²) in [6.07, 6.45) is 1.73. The Morgan fingerprint density at radius 3 is 3.00 bits per heavy atom. The van der Waals surface area contributed by atoms with Crippen molar-refractivity contribution in [1.29, 1.82) is 5.41 Å². The lowest BCUT2D eigenvalue weighted by Crippen LogP contribution is -2.19. The fourth-order valence-electron chi connectivity index (χ4n) is 0.899. The van der Waals surface area contributed by atoms with E-state index in [2.05, 4.69) is 0 Å². The Hall–Kier alpha value is -1.23. The van der Waals surface area contributed by atoms with Gasteiger partial charge in [-0.25, -0.2) is 0 Å². The molecule has 0 bridgehead atoms. The maximum absolute atomic E-state index is 11.2. The summed E-state index contributed by atoms with van der Waals surface area (Å²) in [5.74, 6) is 0.652. The van der Waals surface area contributed by atoms with Gasteiger partial charge in [-0.3, -0.25) is 10.2 Å². The number of nitrogens with two attached hydrogens (primary N) is 1. The van der Waals surface area contributed by atoms with Crippen LogP contribution in [0.5, 0.6) is 0 Å². The molecule has 0 aliphatic carbocycles. The Morgan fingerprint density at radius 1 is 1.62 bits per heavy atom. The van der Waals surface area contributed by atoms with Crippen LogP contribution in [0.25, 0.3) is 0 Å². The molecule has 0 aromatic carbocycles. The Balaban J connectivity index is 2.50. The van der Waals surface area contributed by atoms with E-state index in [0.29, 0.717) is 12.3 Å². The van der Waals surface area contributed by atoms with Gasteiger partial charge in [-0.1, -0.05) is 17.8 Å². The molecule has 1 heterocycles. The average Bonchev–Trinajstić information content (AvgIpc) is 2.08. The Bertz CT molecular complexity index is 347. The standard InChI is InChI=1S/C8H11N3OS/c9-8(10)13-6-5-11-4-2-1-3-7(11)12/h1-4H,5-6H2,(H3,9,10). The molecule has 13 heavy (non-hydrogen) atoms. The van der Waals surface area contributed by atoms with Crippen LogP contribution in [-0.4, -0.2) is 15.5 Å². The van der Waals surface area contributed by atoms with E-state index in [1.807, 2.05) is 0 Å². The lowest BCUT2D eigenvalue weighted by atomic mass is 10.5. The second kappa shape index (κ2) is 4.71. The molecule has 0 atom stereocenters. The van der Waals surface area contributed by atoms with Gasteiger partial charge in [0.25, 0.3) is 5.56 Å². The van der Waals surface area contributed by atoms with Gasteiger partial charge >= 0.3 is 0 Å². The van der Waals surface area contributed by atoms with Gasteiger partial charge in [0.15, 0.2) is 5.17 Å². The van der Waals surface area contributed by atoms with Gasteiger partial charge in [-0.05, 0) is 6.07 Å². The molecular formula is C8H11N3OS. The summed E-state index contributed by atoms with van der Waals surface area (Å²) >= 11 is 1.24.